The van der Waals surface area contributed by atoms with Gasteiger partial charge in [0.2, 0.25) is 5.96 Å². The van der Waals surface area contributed by atoms with Gasteiger partial charge in [0.15, 0.2) is 9.92 Å². The van der Waals surface area contributed by atoms with Gasteiger partial charge in [-0.25, -0.2) is 4.21 Å². The van der Waals surface area contributed by atoms with Crippen molar-refractivity contribution in [2.45, 2.75) is 62.2 Å². The van der Waals surface area contributed by atoms with Gasteiger partial charge in [-0.3, -0.25) is 0 Å². The lowest BCUT2D eigenvalue weighted by atomic mass is 10.1. The zero-order valence-electron chi connectivity index (χ0n) is 20.0. The molecule has 2 heterocycles. The van der Waals surface area contributed by atoms with Gasteiger partial charge in [0.05, 0.1) is 9.79 Å². The summed E-state index contributed by atoms with van der Waals surface area (Å²) in [5.74, 6) is 0.618. The lowest BCUT2D eigenvalue weighted by Crippen LogP contribution is -2.48. The van der Waals surface area contributed by atoms with Crippen LogP contribution in [0.25, 0.3) is 0 Å². The summed E-state index contributed by atoms with van der Waals surface area (Å²) in [5, 5.41) is 0. The summed E-state index contributed by atoms with van der Waals surface area (Å²) in [7, 11) is -7.85. The number of sulfonamides is 1. The Labute approximate surface area is 204 Å². The predicted molar refractivity (Wildman–Crippen MR) is 137 cm³/mol. The molecule has 1 unspecified atom stereocenters. The zero-order chi connectivity index (χ0) is 24.2. The van der Waals surface area contributed by atoms with E-state index < -0.39 is 19.9 Å². The average molecular weight is 503 g/mol. The van der Waals surface area contributed by atoms with Gasteiger partial charge >= 0.3 is 0 Å². The van der Waals surface area contributed by atoms with Gasteiger partial charge in [0.1, 0.15) is 0 Å². The molecule has 0 radical (unpaired) electrons. The van der Waals surface area contributed by atoms with E-state index in [1.807, 2.05) is 26.0 Å². The van der Waals surface area contributed by atoms with Crippen LogP contribution in [-0.2, 0) is 19.9 Å². The van der Waals surface area contributed by atoms with E-state index in [1.54, 1.807) is 24.3 Å². The van der Waals surface area contributed by atoms with E-state index in [9.17, 15) is 12.6 Å². The fourth-order valence-corrected chi connectivity index (χ4v) is 7.74. The quantitative estimate of drug-likeness (QED) is 0.445. The molecule has 184 valence electrons. The molecular weight excluding hydrogens is 468 g/mol. The Morgan fingerprint density at radius 2 is 1.06 bits per heavy atom. The van der Waals surface area contributed by atoms with Crippen LogP contribution >= 0.6 is 0 Å². The highest BCUT2D eigenvalue weighted by Gasteiger charge is 2.27. The van der Waals surface area contributed by atoms with Crippen LogP contribution in [0.5, 0.6) is 0 Å². The highest BCUT2D eigenvalue weighted by atomic mass is 32.3. The van der Waals surface area contributed by atoms with Crippen molar-refractivity contribution in [2.75, 3.05) is 26.2 Å². The van der Waals surface area contributed by atoms with Crippen molar-refractivity contribution in [3.63, 3.8) is 0 Å². The first kappa shape index (κ1) is 24.7. The van der Waals surface area contributed by atoms with E-state index in [-0.39, 0.29) is 4.90 Å². The molecule has 2 aromatic rings. The molecule has 0 N–H and O–H groups in total. The van der Waals surface area contributed by atoms with Crippen molar-refractivity contribution < 1.29 is 12.6 Å². The van der Waals surface area contributed by atoms with Gasteiger partial charge in [-0.1, -0.05) is 39.2 Å². The van der Waals surface area contributed by atoms with Crippen molar-refractivity contribution in [1.82, 2.24) is 9.80 Å². The predicted octanol–water partition coefficient (Wildman–Crippen LogP) is 4.76. The van der Waals surface area contributed by atoms with Gasteiger partial charge in [-0.15, -0.1) is 4.40 Å². The van der Waals surface area contributed by atoms with Gasteiger partial charge in [0.25, 0.3) is 10.0 Å². The molecule has 0 spiro atoms. The highest BCUT2D eigenvalue weighted by Crippen LogP contribution is 2.25. The van der Waals surface area contributed by atoms with E-state index in [0.29, 0.717) is 10.9 Å². The second-order valence-electron chi connectivity index (χ2n) is 9.16. The number of hydrogen-bond acceptors (Lipinski definition) is 3. The van der Waals surface area contributed by atoms with Crippen molar-refractivity contribution >= 4 is 25.9 Å². The Morgan fingerprint density at radius 3 is 1.50 bits per heavy atom. The van der Waals surface area contributed by atoms with Crippen molar-refractivity contribution in [2.24, 2.45) is 8.17 Å². The molecule has 9 heteroatoms. The molecule has 2 aromatic carbocycles. The first-order valence-corrected chi connectivity index (χ1v) is 14.9. The Morgan fingerprint density at radius 1 is 0.647 bits per heavy atom. The van der Waals surface area contributed by atoms with Gasteiger partial charge < -0.3 is 9.80 Å². The number of aryl methyl sites for hydroxylation is 2. The minimum absolute atomic E-state index is 0.0191. The number of rotatable bonds is 4. The third-order valence-electron chi connectivity index (χ3n) is 6.33. The second-order valence-corrected chi connectivity index (χ2v) is 12.8. The van der Waals surface area contributed by atoms with Crippen LogP contribution in [-0.4, -0.2) is 54.6 Å². The lowest BCUT2D eigenvalue weighted by molar-refractivity contribution is 0.258. The van der Waals surface area contributed by atoms with Crippen LogP contribution < -0.4 is 0 Å². The van der Waals surface area contributed by atoms with Crippen LogP contribution in [0.3, 0.4) is 0 Å². The van der Waals surface area contributed by atoms with Crippen LogP contribution in [0.2, 0.25) is 0 Å². The van der Waals surface area contributed by atoms with Gasteiger partial charge in [-0.05, 0) is 76.6 Å². The van der Waals surface area contributed by atoms with E-state index >= 15 is 0 Å². The van der Waals surface area contributed by atoms with Crippen LogP contribution in [0.1, 0.15) is 49.7 Å². The molecule has 34 heavy (non-hydrogen) atoms. The number of likely N-dealkylation sites (tertiary alicyclic amines) is 2. The van der Waals surface area contributed by atoms with E-state index in [2.05, 4.69) is 13.6 Å². The maximum absolute atomic E-state index is 14.5. The number of hydrogen-bond donors (Lipinski definition) is 0. The molecule has 0 aromatic heterocycles. The number of nitrogens with zero attached hydrogens (tertiary/aromatic N) is 4. The molecule has 2 aliphatic heterocycles. The van der Waals surface area contributed by atoms with E-state index in [4.69, 9.17) is 4.40 Å². The average Bonchev–Trinajstić information content (AvgIpc) is 2.84. The maximum Gasteiger partial charge on any atom is 0.291 e. The third-order valence-corrected chi connectivity index (χ3v) is 10.1. The van der Waals surface area contributed by atoms with Crippen molar-refractivity contribution in [1.29, 1.82) is 0 Å². The fourth-order valence-electron chi connectivity index (χ4n) is 4.33. The number of benzene rings is 2. The van der Waals surface area contributed by atoms with Gasteiger partial charge in [0, 0.05) is 26.2 Å². The molecule has 2 aliphatic rings. The number of piperidine rings is 2. The topological polar surface area (TPSA) is 82.4 Å². The molecule has 0 bridgehead atoms. The lowest BCUT2D eigenvalue weighted by Gasteiger charge is -2.38. The maximum atomic E-state index is 14.5. The molecule has 0 aliphatic carbocycles. The molecule has 1 atom stereocenters. The first-order valence-electron chi connectivity index (χ1n) is 12.0. The first-order chi connectivity index (χ1) is 16.3. The molecule has 7 nitrogen and oxygen atoms in total. The molecule has 0 saturated carbocycles. The summed E-state index contributed by atoms with van der Waals surface area (Å²) >= 11 is 0. The summed E-state index contributed by atoms with van der Waals surface area (Å²) < 4.78 is 49.8. The van der Waals surface area contributed by atoms with Crippen molar-refractivity contribution in [3.05, 3.63) is 59.7 Å². The molecule has 4 rings (SSSR count). The number of guanidine groups is 1. The molecule has 0 amide bonds. The summed E-state index contributed by atoms with van der Waals surface area (Å²) in [6.45, 7) is 7.11. The van der Waals surface area contributed by atoms with Crippen LogP contribution in [0.4, 0.5) is 0 Å². The fraction of sp³-hybridized carbons (Fsp3) is 0.480. The molecular formula is C25H34N4O3S2. The largest absolute Gasteiger partial charge is 0.342 e. The summed E-state index contributed by atoms with van der Waals surface area (Å²) in [5.41, 5.74) is 1.93. The van der Waals surface area contributed by atoms with Crippen LogP contribution in [0.15, 0.2) is 66.5 Å². The molecule has 2 fully saturated rings. The standard InChI is InChI=1S/C25H34N4O3S2/c1-21-9-13-23(14-10-21)33(30,27-34(31,32)24-15-11-22(2)12-16-24)26-25(28-17-5-3-6-18-28)29-19-7-4-8-20-29/h9-16H,3-8,17-20H2,1-2H3. The summed E-state index contributed by atoms with van der Waals surface area (Å²) in [6.07, 6.45) is 6.47. The minimum atomic E-state index is -4.19. The zero-order valence-corrected chi connectivity index (χ0v) is 21.7. The summed E-state index contributed by atoms with van der Waals surface area (Å²) in [6, 6.07) is 13.4. The SMILES string of the molecule is Cc1ccc(S(=O)(=O)N=S(=O)(N=C(N2CCCCC2)N2CCCCC2)c2ccc(C)cc2)cc1. The Bertz CT molecular complexity index is 1210. The Balaban J connectivity index is 1.89. The Kier molecular flexibility index (Phi) is 7.62. The van der Waals surface area contributed by atoms with Gasteiger partial charge in [-0.2, -0.15) is 8.42 Å². The monoisotopic (exact) mass is 502 g/mol. The summed E-state index contributed by atoms with van der Waals surface area (Å²) in [4.78, 5) is 4.65. The minimum Gasteiger partial charge on any atom is -0.342 e. The van der Waals surface area contributed by atoms with E-state index in [1.165, 1.54) is 12.1 Å². The van der Waals surface area contributed by atoms with Crippen molar-refractivity contribution in [3.8, 4) is 0 Å². The second kappa shape index (κ2) is 10.5. The third kappa shape index (κ3) is 5.81. The van der Waals surface area contributed by atoms with E-state index in [0.717, 1.165) is 75.8 Å². The van der Waals surface area contributed by atoms with Crippen LogP contribution in [0, 0.1) is 13.8 Å². The molecule has 2 saturated heterocycles. The normalized spacial score (nSPS) is 18.8. The smallest absolute Gasteiger partial charge is 0.291 e. The Hall–Kier alpha value is -2.39. The highest BCUT2D eigenvalue weighted by molar-refractivity contribution is 8.02.